The van der Waals surface area contributed by atoms with E-state index >= 15 is 0 Å². The fourth-order valence-electron chi connectivity index (χ4n) is 3.19. The van der Waals surface area contributed by atoms with Gasteiger partial charge in [0.05, 0.1) is 21.8 Å². The predicted octanol–water partition coefficient (Wildman–Crippen LogP) is 3.11. The molecule has 0 unspecified atom stereocenters. The SMILES string of the molecule is Cc1nnc(CN2CCC(c3nc4ccccc4s3)CC2)n1C. The number of nitrogens with zero attached hydrogens (tertiary/aromatic N) is 5. The summed E-state index contributed by atoms with van der Waals surface area (Å²) < 4.78 is 3.39. The maximum Gasteiger partial charge on any atom is 0.146 e. The Morgan fingerprint density at radius 1 is 1.17 bits per heavy atom. The molecule has 1 aliphatic heterocycles. The van der Waals surface area contributed by atoms with Gasteiger partial charge >= 0.3 is 0 Å². The van der Waals surface area contributed by atoms with Gasteiger partial charge < -0.3 is 4.57 Å². The molecular weight excluding hydrogens is 306 g/mol. The molecule has 1 saturated heterocycles. The highest BCUT2D eigenvalue weighted by Gasteiger charge is 2.24. The molecule has 0 N–H and O–H groups in total. The summed E-state index contributed by atoms with van der Waals surface area (Å²) in [6.45, 7) is 5.10. The molecule has 0 bridgehead atoms. The van der Waals surface area contributed by atoms with Gasteiger partial charge in [-0.25, -0.2) is 4.98 Å². The summed E-state index contributed by atoms with van der Waals surface area (Å²) in [6.07, 6.45) is 2.35. The third-order valence-electron chi connectivity index (χ3n) is 4.80. The number of aromatic nitrogens is 4. The lowest BCUT2D eigenvalue weighted by Gasteiger charge is -2.30. The first-order valence-electron chi connectivity index (χ1n) is 8.13. The molecule has 1 fully saturated rings. The Kier molecular flexibility index (Phi) is 3.87. The van der Waals surface area contributed by atoms with Crippen LogP contribution in [0.15, 0.2) is 24.3 Å². The van der Waals surface area contributed by atoms with E-state index in [9.17, 15) is 0 Å². The van der Waals surface area contributed by atoms with E-state index in [-0.39, 0.29) is 0 Å². The summed E-state index contributed by atoms with van der Waals surface area (Å²) >= 11 is 1.86. The second kappa shape index (κ2) is 6.02. The van der Waals surface area contributed by atoms with Crippen LogP contribution in [-0.2, 0) is 13.6 Å². The van der Waals surface area contributed by atoms with Gasteiger partial charge in [-0.15, -0.1) is 21.5 Å². The number of piperidine rings is 1. The minimum Gasteiger partial charge on any atom is -0.317 e. The molecule has 3 aromatic rings. The summed E-state index contributed by atoms with van der Waals surface area (Å²) in [4.78, 5) is 7.32. The molecule has 4 rings (SSSR count). The van der Waals surface area contributed by atoms with Crippen molar-refractivity contribution in [2.45, 2.75) is 32.2 Å². The molecule has 1 aliphatic rings. The number of hydrogen-bond donors (Lipinski definition) is 0. The molecule has 3 heterocycles. The van der Waals surface area contributed by atoms with E-state index < -0.39 is 0 Å². The lowest BCUT2D eigenvalue weighted by atomic mass is 9.97. The van der Waals surface area contributed by atoms with Crippen molar-refractivity contribution in [2.75, 3.05) is 13.1 Å². The van der Waals surface area contributed by atoms with Crippen LogP contribution in [-0.4, -0.2) is 37.7 Å². The highest BCUT2D eigenvalue weighted by atomic mass is 32.1. The van der Waals surface area contributed by atoms with Gasteiger partial charge in [0.1, 0.15) is 11.6 Å². The van der Waals surface area contributed by atoms with Crippen molar-refractivity contribution in [1.29, 1.82) is 0 Å². The summed E-state index contributed by atoms with van der Waals surface area (Å²) in [7, 11) is 2.04. The maximum absolute atomic E-state index is 4.84. The van der Waals surface area contributed by atoms with Gasteiger partial charge in [0.15, 0.2) is 0 Å². The topological polar surface area (TPSA) is 46.8 Å². The molecule has 0 atom stereocenters. The summed E-state index contributed by atoms with van der Waals surface area (Å²) in [5, 5.41) is 9.73. The first-order valence-corrected chi connectivity index (χ1v) is 8.95. The third-order valence-corrected chi connectivity index (χ3v) is 5.99. The van der Waals surface area contributed by atoms with Crippen LogP contribution in [0.3, 0.4) is 0 Å². The Hall–Kier alpha value is -1.79. The summed E-state index contributed by atoms with van der Waals surface area (Å²) in [5.74, 6) is 2.63. The van der Waals surface area contributed by atoms with E-state index in [4.69, 9.17) is 4.98 Å². The van der Waals surface area contributed by atoms with Crippen molar-refractivity contribution >= 4 is 21.6 Å². The zero-order chi connectivity index (χ0) is 15.8. The number of benzene rings is 1. The van der Waals surface area contributed by atoms with Crippen LogP contribution < -0.4 is 0 Å². The van der Waals surface area contributed by atoms with Crippen molar-refractivity contribution in [2.24, 2.45) is 7.05 Å². The fourth-order valence-corrected chi connectivity index (χ4v) is 4.33. The van der Waals surface area contributed by atoms with E-state index in [1.54, 1.807) is 0 Å². The first kappa shape index (κ1) is 14.8. The van der Waals surface area contributed by atoms with Gasteiger partial charge in [0, 0.05) is 13.0 Å². The zero-order valence-electron chi connectivity index (χ0n) is 13.6. The second-order valence-corrected chi connectivity index (χ2v) is 7.35. The molecule has 6 heteroatoms. The third kappa shape index (κ3) is 2.88. The average molecular weight is 327 g/mol. The lowest BCUT2D eigenvalue weighted by molar-refractivity contribution is 0.198. The Morgan fingerprint density at radius 3 is 2.65 bits per heavy atom. The molecule has 2 aromatic heterocycles. The van der Waals surface area contributed by atoms with Crippen LogP contribution in [0.5, 0.6) is 0 Å². The fraction of sp³-hybridized carbons (Fsp3) is 0.471. The van der Waals surface area contributed by atoms with E-state index in [2.05, 4.69) is 43.9 Å². The number of likely N-dealkylation sites (tertiary alicyclic amines) is 1. The number of thiazole rings is 1. The Balaban J connectivity index is 1.41. The molecular formula is C17H21N5S. The van der Waals surface area contributed by atoms with Crippen molar-refractivity contribution in [1.82, 2.24) is 24.6 Å². The second-order valence-electron chi connectivity index (χ2n) is 6.29. The molecule has 0 aliphatic carbocycles. The van der Waals surface area contributed by atoms with Crippen molar-refractivity contribution in [3.8, 4) is 0 Å². The van der Waals surface area contributed by atoms with Crippen molar-refractivity contribution in [3.05, 3.63) is 40.9 Å². The number of hydrogen-bond acceptors (Lipinski definition) is 5. The van der Waals surface area contributed by atoms with E-state index in [1.165, 1.54) is 22.5 Å². The lowest BCUT2D eigenvalue weighted by Crippen LogP contribution is -2.33. The van der Waals surface area contributed by atoms with Crippen LogP contribution in [0, 0.1) is 6.92 Å². The summed E-state index contributed by atoms with van der Waals surface area (Å²) in [5.41, 5.74) is 1.14. The smallest absolute Gasteiger partial charge is 0.146 e. The van der Waals surface area contributed by atoms with Crippen LogP contribution in [0.4, 0.5) is 0 Å². The summed E-state index contributed by atoms with van der Waals surface area (Å²) in [6, 6.07) is 8.44. The monoisotopic (exact) mass is 327 g/mol. The number of aryl methyl sites for hydroxylation is 1. The largest absolute Gasteiger partial charge is 0.317 e. The molecule has 1 aromatic carbocycles. The minimum absolute atomic E-state index is 0.602. The van der Waals surface area contributed by atoms with Crippen LogP contribution in [0.2, 0.25) is 0 Å². The molecule has 120 valence electrons. The highest BCUT2D eigenvalue weighted by molar-refractivity contribution is 7.18. The number of rotatable bonds is 3. The normalized spacial score (nSPS) is 17.1. The van der Waals surface area contributed by atoms with Gasteiger partial charge in [-0.1, -0.05) is 12.1 Å². The molecule has 5 nitrogen and oxygen atoms in total. The van der Waals surface area contributed by atoms with Gasteiger partial charge in [0.25, 0.3) is 0 Å². The van der Waals surface area contributed by atoms with Crippen molar-refractivity contribution < 1.29 is 0 Å². The molecule has 0 saturated carbocycles. The van der Waals surface area contributed by atoms with Gasteiger partial charge in [-0.05, 0) is 45.0 Å². The van der Waals surface area contributed by atoms with Crippen molar-refractivity contribution in [3.63, 3.8) is 0 Å². The number of para-hydroxylation sites is 1. The van der Waals surface area contributed by atoms with Crippen LogP contribution in [0.1, 0.15) is 35.4 Å². The van der Waals surface area contributed by atoms with E-state index in [0.29, 0.717) is 5.92 Å². The Labute approximate surface area is 140 Å². The van der Waals surface area contributed by atoms with E-state index in [0.717, 1.165) is 36.8 Å². The average Bonchev–Trinajstić information content (AvgIpc) is 3.14. The Bertz CT molecular complexity index is 780. The molecule has 0 spiro atoms. The van der Waals surface area contributed by atoms with Gasteiger partial charge in [-0.2, -0.15) is 0 Å². The molecule has 23 heavy (non-hydrogen) atoms. The standard InChI is InChI=1S/C17H21N5S/c1-12-19-20-16(21(12)2)11-22-9-7-13(8-10-22)17-18-14-5-3-4-6-15(14)23-17/h3-6,13H,7-11H2,1-2H3. The Morgan fingerprint density at radius 2 is 1.96 bits per heavy atom. The molecule has 0 amide bonds. The predicted molar refractivity (Wildman–Crippen MR) is 92.6 cm³/mol. The zero-order valence-corrected chi connectivity index (χ0v) is 14.4. The highest BCUT2D eigenvalue weighted by Crippen LogP contribution is 2.33. The first-order chi connectivity index (χ1) is 11.2. The van der Waals surface area contributed by atoms with Gasteiger partial charge in [-0.3, -0.25) is 4.90 Å². The van der Waals surface area contributed by atoms with Gasteiger partial charge in [0.2, 0.25) is 0 Å². The number of fused-ring (bicyclic) bond motifs is 1. The maximum atomic E-state index is 4.84. The van der Waals surface area contributed by atoms with E-state index in [1.807, 2.05) is 25.3 Å². The van der Waals surface area contributed by atoms with Crippen LogP contribution >= 0.6 is 11.3 Å². The molecule has 0 radical (unpaired) electrons. The minimum atomic E-state index is 0.602. The quantitative estimate of drug-likeness (QED) is 0.741. The van der Waals surface area contributed by atoms with Crippen LogP contribution in [0.25, 0.3) is 10.2 Å².